The van der Waals surface area contributed by atoms with Gasteiger partial charge in [-0.2, -0.15) is 0 Å². The number of rotatable bonds is 5. The standard InChI is InChI=1S/C21H21ClN2O3/c1-2-3-9-17-18-19(27-24(17)16-7-5-4-6-8-16)21(26)23(20(18)25)15-12-10-14(22)11-13-15/h4-8,10-13,17-19H,2-3,9H2,1H3/t17-,18+,19-/m0/s1. The molecule has 2 fully saturated rings. The Morgan fingerprint density at radius 2 is 1.67 bits per heavy atom. The van der Waals surface area contributed by atoms with Gasteiger partial charge in [0.25, 0.3) is 5.91 Å². The summed E-state index contributed by atoms with van der Waals surface area (Å²) in [6, 6.07) is 16.2. The lowest BCUT2D eigenvalue weighted by molar-refractivity contribution is -0.126. The van der Waals surface area contributed by atoms with Crippen LogP contribution in [0.5, 0.6) is 0 Å². The number of hydrogen-bond acceptors (Lipinski definition) is 4. The number of para-hydroxylation sites is 1. The summed E-state index contributed by atoms with van der Waals surface area (Å²) in [6.07, 6.45) is 1.98. The molecule has 0 aromatic heterocycles. The van der Waals surface area contributed by atoms with Crippen molar-refractivity contribution in [3.05, 3.63) is 59.6 Å². The number of hydrogen-bond donors (Lipinski definition) is 0. The average molecular weight is 385 g/mol. The molecule has 4 rings (SSSR count). The number of carbonyl (C=O) groups excluding carboxylic acids is 2. The molecule has 2 heterocycles. The van der Waals surface area contributed by atoms with E-state index in [9.17, 15) is 9.59 Å². The van der Waals surface area contributed by atoms with Crippen molar-refractivity contribution in [3.63, 3.8) is 0 Å². The minimum atomic E-state index is -0.782. The Morgan fingerprint density at radius 1 is 0.963 bits per heavy atom. The van der Waals surface area contributed by atoms with E-state index in [0.29, 0.717) is 10.7 Å². The summed E-state index contributed by atoms with van der Waals surface area (Å²) in [4.78, 5) is 33.5. The molecule has 2 saturated heterocycles. The first-order valence-corrected chi connectivity index (χ1v) is 9.64. The van der Waals surface area contributed by atoms with E-state index >= 15 is 0 Å². The summed E-state index contributed by atoms with van der Waals surface area (Å²) in [5, 5.41) is 2.32. The van der Waals surface area contributed by atoms with Gasteiger partial charge in [0.2, 0.25) is 5.91 Å². The van der Waals surface area contributed by atoms with Gasteiger partial charge in [0.15, 0.2) is 6.10 Å². The molecule has 5 nitrogen and oxygen atoms in total. The topological polar surface area (TPSA) is 49.9 Å². The maximum atomic E-state index is 13.2. The zero-order valence-electron chi connectivity index (χ0n) is 15.0. The molecule has 3 atom stereocenters. The van der Waals surface area contributed by atoms with Gasteiger partial charge in [-0.05, 0) is 42.8 Å². The summed E-state index contributed by atoms with van der Waals surface area (Å²) in [5.74, 6) is -1.01. The van der Waals surface area contributed by atoms with Gasteiger partial charge in [-0.15, -0.1) is 0 Å². The normalized spacial score (nSPS) is 24.6. The third-order valence-corrected chi connectivity index (χ3v) is 5.44. The molecule has 0 bridgehead atoms. The summed E-state index contributed by atoms with van der Waals surface area (Å²) < 4.78 is 0. The number of carbonyl (C=O) groups is 2. The van der Waals surface area contributed by atoms with E-state index in [4.69, 9.17) is 16.4 Å². The molecular weight excluding hydrogens is 364 g/mol. The second-order valence-electron chi connectivity index (χ2n) is 6.91. The number of benzene rings is 2. The fourth-order valence-electron chi connectivity index (χ4n) is 3.87. The number of halogens is 1. The third-order valence-electron chi connectivity index (χ3n) is 5.19. The zero-order chi connectivity index (χ0) is 19.0. The van der Waals surface area contributed by atoms with Crippen LogP contribution in [-0.4, -0.2) is 24.0 Å². The first kappa shape index (κ1) is 18.0. The molecular formula is C21H21ClN2O3. The lowest BCUT2D eigenvalue weighted by Crippen LogP contribution is -2.40. The van der Waals surface area contributed by atoms with E-state index in [-0.39, 0.29) is 17.9 Å². The molecule has 2 aromatic carbocycles. The Kier molecular flexibility index (Phi) is 4.89. The fourth-order valence-corrected chi connectivity index (χ4v) is 4.00. The van der Waals surface area contributed by atoms with E-state index in [1.807, 2.05) is 30.3 Å². The van der Waals surface area contributed by atoms with E-state index in [0.717, 1.165) is 24.9 Å². The van der Waals surface area contributed by atoms with Crippen molar-refractivity contribution >= 4 is 34.8 Å². The van der Waals surface area contributed by atoms with Crippen molar-refractivity contribution in [2.75, 3.05) is 9.96 Å². The number of amides is 2. The predicted octanol–water partition coefficient (Wildman–Crippen LogP) is 4.21. The Morgan fingerprint density at radius 3 is 2.33 bits per heavy atom. The Labute approximate surface area is 163 Å². The highest BCUT2D eigenvalue weighted by atomic mass is 35.5. The minimum Gasteiger partial charge on any atom is -0.273 e. The third kappa shape index (κ3) is 3.11. The van der Waals surface area contributed by atoms with Crippen molar-refractivity contribution in [3.8, 4) is 0 Å². The van der Waals surface area contributed by atoms with Crippen LogP contribution >= 0.6 is 11.6 Å². The quantitative estimate of drug-likeness (QED) is 0.724. The summed E-state index contributed by atoms with van der Waals surface area (Å²) >= 11 is 5.93. The van der Waals surface area contributed by atoms with Crippen molar-refractivity contribution in [1.82, 2.24) is 0 Å². The van der Waals surface area contributed by atoms with Crippen molar-refractivity contribution in [1.29, 1.82) is 0 Å². The van der Waals surface area contributed by atoms with Crippen molar-refractivity contribution in [2.45, 2.75) is 38.3 Å². The molecule has 2 aromatic rings. The van der Waals surface area contributed by atoms with Crippen LogP contribution in [0.1, 0.15) is 26.2 Å². The molecule has 27 heavy (non-hydrogen) atoms. The first-order chi connectivity index (χ1) is 13.1. The van der Waals surface area contributed by atoms with Gasteiger partial charge in [0.1, 0.15) is 0 Å². The molecule has 2 aliphatic heterocycles. The molecule has 0 spiro atoms. The van der Waals surface area contributed by atoms with Crippen LogP contribution in [0, 0.1) is 5.92 Å². The van der Waals surface area contributed by atoms with Crippen LogP contribution in [-0.2, 0) is 14.4 Å². The van der Waals surface area contributed by atoms with Crippen LogP contribution in [0.3, 0.4) is 0 Å². The smallest absolute Gasteiger partial charge is 0.266 e. The molecule has 6 heteroatoms. The highest BCUT2D eigenvalue weighted by Gasteiger charge is 2.59. The Hall–Kier alpha value is -2.37. The summed E-state index contributed by atoms with van der Waals surface area (Å²) in [6.45, 7) is 2.11. The lowest BCUT2D eigenvalue weighted by atomic mass is 9.92. The van der Waals surface area contributed by atoms with Gasteiger partial charge in [-0.1, -0.05) is 49.6 Å². The maximum absolute atomic E-state index is 13.2. The van der Waals surface area contributed by atoms with Gasteiger partial charge in [0, 0.05) is 5.02 Å². The molecule has 140 valence electrons. The number of imide groups is 1. The van der Waals surface area contributed by atoms with Gasteiger partial charge in [-0.3, -0.25) is 14.4 Å². The number of nitrogens with zero attached hydrogens (tertiary/aromatic N) is 2. The lowest BCUT2D eigenvalue weighted by Gasteiger charge is -2.28. The van der Waals surface area contributed by atoms with Crippen LogP contribution in [0.4, 0.5) is 11.4 Å². The fraction of sp³-hybridized carbons (Fsp3) is 0.333. The number of hydroxylamine groups is 1. The second-order valence-corrected chi connectivity index (χ2v) is 7.35. The molecule has 2 amide bonds. The largest absolute Gasteiger partial charge is 0.273 e. The highest BCUT2D eigenvalue weighted by molar-refractivity contribution is 6.31. The van der Waals surface area contributed by atoms with Crippen LogP contribution < -0.4 is 9.96 Å². The van der Waals surface area contributed by atoms with Gasteiger partial charge >= 0.3 is 0 Å². The second kappa shape index (κ2) is 7.33. The minimum absolute atomic E-state index is 0.161. The SMILES string of the molecule is CCCC[C@H]1[C@H]2C(=O)N(c3ccc(Cl)cc3)C(=O)[C@H]2ON1c1ccccc1. The molecule has 0 unspecified atom stereocenters. The van der Waals surface area contributed by atoms with Crippen molar-refractivity contribution < 1.29 is 14.4 Å². The average Bonchev–Trinajstić information content (AvgIpc) is 3.18. The van der Waals surface area contributed by atoms with E-state index < -0.39 is 12.0 Å². The molecule has 0 N–H and O–H groups in total. The summed E-state index contributed by atoms with van der Waals surface area (Å²) in [7, 11) is 0. The van der Waals surface area contributed by atoms with Crippen LogP contribution in [0.15, 0.2) is 54.6 Å². The predicted molar refractivity (Wildman–Crippen MR) is 105 cm³/mol. The maximum Gasteiger partial charge on any atom is 0.266 e. The van der Waals surface area contributed by atoms with Crippen molar-refractivity contribution in [2.24, 2.45) is 5.92 Å². The van der Waals surface area contributed by atoms with E-state index in [2.05, 4.69) is 6.92 Å². The first-order valence-electron chi connectivity index (χ1n) is 9.26. The molecule has 2 aliphatic rings. The molecule has 0 aliphatic carbocycles. The summed E-state index contributed by atoms with van der Waals surface area (Å²) in [5.41, 5.74) is 1.40. The van der Waals surface area contributed by atoms with E-state index in [1.165, 1.54) is 4.90 Å². The van der Waals surface area contributed by atoms with Crippen LogP contribution in [0.2, 0.25) is 5.02 Å². The monoisotopic (exact) mass is 384 g/mol. The highest BCUT2D eigenvalue weighted by Crippen LogP contribution is 2.42. The van der Waals surface area contributed by atoms with Gasteiger partial charge < -0.3 is 0 Å². The Balaban J connectivity index is 1.66. The molecule has 0 radical (unpaired) electrons. The Bertz CT molecular complexity index is 840. The molecule has 0 saturated carbocycles. The number of fused-ring (bicyclic) bond motifs is 1. The van der Waals surface area contributed by atoms with Gasteiger partial charge in [0.05, 0.1) is 23.3 Å². The zero-order valence-corrected chi connectivity index (χ0v) is 15.8. The number of unbranched alkanes of at least 4 members (excludes halogenated alkanes) is 1. The van der Waals surface area contributed by atoms with E-state index in [1.54, 1.807) is 29.3 Å². The number of anilines is 2. The van der Waals surface area contributed by atoms with Gasteiger partial charge in [-0.25, -0.2) is 9.96 Å². The van der Waals surface area contributed by atoms with Crippen LogP contribution in [0.25, 0.3) is 0 Å².